The average molecular weight is 224 g/mol. The van der Waals surface area contributed by atoms with E-state index >= 15 is 0 Å². The molecule has 0 aliphatic heterocycles. The SMILES string of the molecule is Cc1ccc(OCC(C)(O)C(=O)O)c(C)c1. The Bertz CT molecular complexity index is 396. The summed E-state index contributed by atoms with van der Waals surface area (Å²) in [5.74, 6) is -0.704. The van der Waals surface area contributed by atoms with Crippen molar-refractivity contribution in [1.82, 2.24) is 0 Å². The number of rotatable bonds is 4. The number of benzene rings is 1. The zero-order valence-electron chi connectivity index (χ0n) is 9.65. The number of ether oxygens (including phenoxy) is 1. The number of carbonyl (C=O) groups is 1. The molecule has 0 spiro atoms. The molecule has 0 bridgehead atoms. The van der Waals surface area contributed by atoms with Gasteiger partial charge in [-0.25, -0.2) is 4.79 Å². The highest BCUT2D eigenvalue weighted by atomic mass is 16.5. The Morgan fingerprint density at radius 3 is 2.56 bits per heavy atom. The standard InChI is InChI=1S/C12H16O4/c1-8-4-5-10(9(2)6-8)16-7-12(3,15)11(13)14/h4-6,15H,7H2,1-3H3,(H,13,14). The fraction of sp³-hybridized carbons (Fsp3) is 0.417. The molecule has 0 heterocycles. The first-order valence-corrected chi connectivity index (χ1v) is 4.99. The zero-order valence-corrected chi connectivity index (χ0v) is 9.65. The summed E-state index contributed by atoms with van der Waals surface area (Å²) in [7, 11) is 0. The third-order valence-corrected chi connectivity index (χ3v) is 2.30. The van der Waals surface area contributed by atoms with E-state index in [4.69, 9.17) is 9.84 Å². The van der Waals surface area contributed by atoms with Crippen molar-refractivity contribution in [2.24, 2.45) is 0 Å². The maximum absolute atomic E-state index is 10.7. The predicted molar refractivity (Wildman–Crippen MR) is 59.7 cm³/mol. The summed E-state index contributed by atoms with van der Waals surface area (Å²) in [6.45, 7) is 4.77. The van der Waals surface area contributed by atoms with Gasteiger partial charge in [0.25, 0.3) is 0 Å². The van der Waals surface area contributed by atoms with Crippen LogP contribution in [0.15, 0.2) is 18.2 Å². The van der Waals surface area contributed by atoms with Crippen molar-refractivity contribution in [2.75, 3.05) is 6.61 Å². The Kier molecular flexibility index (Phi) is 3.55. The molecular formula is C12H16O4. The molecule has 0 fully saturated rings. The van der Waals surface area contributed by atoms with Gasteiger partial charge in [0.05, 0.1) is 0 Å². The van der Waals surface area contributed by atoms with Gasteiger partial charge in [-0.1, -0.05) is 17.7 Å². The van der Waals surface area contributed by atoms with Crippen molar-refractivity contribution in [3.8, 4) is 5.75 Å². The molecule has 0 aliphatic rings. The third kappa shape index (κ3) is 2.97. The van der Waals surface area contributed by atoms with Crippen LogP contribution in [-0.2, 0) is 4.79 Å². The Morgan fingerprint density at radius 2 is 2.06 bits per heavy atom. The van der Waals surface area contributed by atoms with Gasteiger partial charge in [-0.2, -0.15) is 0 Å². The minimum atomic E-state index is -1.86. The lowest BCUT2D eigenvalue weighted by molar-refractivity contribution is -0.159. The summed E-state index contributed by atoms with van der Waals surface area (Å²) < 4.78 is 5.29. The van der Waals surface area contributed by atoms with Gasteiger partial charge in [0, 0.05) is 0 Å². The van der Waals surface area contributed by atoms with Crippen LogP contribution in [0.1, 0.15) is 18.1 Å². The van der Waals surface area contributed by atoms with Crippen LogP contribution in [0.3, 0.4) is 0 Å². The maximum atomic E-state index is 10.7. The highest BCUT2D eigenvalue weighted by Crippen LogP contribution is 2.20. The Labute approximate surface area is 94.5 Å². The molecule has 1 aromatic rings. The smallest absolute Gasteiger partial charge is 0.339 e. The summed E-state index contributed by atoms with van der Waals surface area (Å²) in [5, 5.41) is 18.2. The number of hydrogen-bond donors (Lipinski definition) is 2. The van der Waals surface area contributed by atoms with Crippen LogP contribution in [0.25, 0.3) is 0 Å². The van der Waals surface area contributed by atoms with E-state index in [1.807, 2.05) is 26.0 Å². The van der Waals surface area contributed by atoms with Crippen molar-refractivity contribution >= 4 is 5.97 Å². The van der Waals surface area contributed by atoms with Gasteiger partial charge >= 0.3 is 5.97 Å². The molecule has 1 aromatic carbocycles. The Morgan fingerprint density at radius 1 is 1.44 bits per heavy atom. The molecule has 0 saturated carbocycles. The van der Waals surface area contributed by atoms with Gasteiger partial charge in [-0.05, 0) is 32.4 Å². The van der Waals surface area contributed by atoms with Crippen LogP contribution < -0.4 is 4.74 Å². The van der Waals surface area contributed by atoms with Crippen LogP contribution in [0.5, 0.6) is 5.75 Å². The largest absolute Gasteiger partial charge is 0.490 e. The van der Waals surface area contributed by atoms with E-state index in [2.05, 4.69) is 0 Å². The minimum absolute atomic E-state index is 0.272. The zero-order chi connectivity index (χ0) is 12.3. The van der Waals surface area contributed by atoms with E-state index in [9.17, 15) is 9.90 Å². The number of hydrogen-bond acceptors (Lipinski definition) is 3. The molecule has 0 aromatic heterocycles. The normalized spacial score (nSPS) is 14.2. The third-order valence-electron chi connectivity index (χ3n) is 2.30. The maximum Gasteiger partial charge on any atom is 0.339 e. The molecule has 88 valence electrons. The molecule has 2 N–H and O–H groups in total. The van der Waals surface area contributed by atoms with Gasteiger partial charge < -0.3 is 14.9 Å². The monoisotopic (exact) mass is 224 g/mol. The number of carboxylic acid groups (broad SMARTS) is 1. The summed E-state index contributed by atoms with van der Waals surface area (Å²) in [6.07, 6.45) is 0. The summed E-state index contributed by atoms with van der Waals surface area (Å²) in [6, 6.07) is 5.57. The van der Waals surface area contributed by atoms with Crippen molar-refractivity contribution in [1.29, 1.82) is 0 Å². The number of aliphatic carboxylic acids is 1. The molecule has 0 saturated heterocycles. The summed E-state index contributed by atoms with van der Waals surface area (Å²) in [4.78, 5) is 10.7. The van der Waals surface area contributed by atoms with Crippen LogP contribution in [0.2, 0.25) is 0 Å². The van der Waals surface area contributed by atoms with Crippen molar-refractivity contribution in [2.45, 2.75) is 26.4 Å². The van der Waals surface area contributed by atoms with E-state index in [-0.39, 0.29) is 6.61 Å². The molecule has 1 atom stereocenters. The first-order valence-electron chi connectivity index (χ1n) is 4.99. The second kappa shape index (κ2) is 4.53. The molecule has 0 aliphatic carbocycles. The first-order chi connectivity index (χ1) is 7.33. The van der Waals surface area contributed by atoms with E-state index < -0.39 is 11.6 Å². The van der Waals surface area contributed by atoms with Gasteiger partial charge in [-0.15, -0.1) is 0 Å². The molecule has 4 heteroatoms. The highest BCUT2D eigenvalue weighted by molar-refractivity contribution is 5.76. The molecule has 16 heavy (non-hydrogen) atoms. The molecule has 4 nitrogen and oxygen atoms in total. The summed E-state index contributed by atoms with van der Waals surface area (Å²) >= 11 is 0. The predicted octanol–water partition coefficient (Wildman–Crippen LogP) is 1.52. The second-order valence-corrected chi connectivity index (χ2v) is 4.14. The lowest BCUT2D eigenvalue weighted by Gasteiger charge is -2.19. The quantitative estimate of drug-likeness (QED) is 0.813. The van der Waals surface area contributed by atoms with Gasteiger partial charge in [-0.3, -0.25) is 0 Å². The van der Waals surface area contributed by atoms with E-state index in [0.29, 0.717) is 5.75 Å². The van der Waals surface area contributed by atoms with Crippen molar-refractivity contribution in [3.05, 3.63) is 29.3 Å². The van der Waals surface area contributed by atoms with E-state index in [0.717, 1.165) is 11.1 Å². The van der Waals surface area contributed by atoms with Gasteiger partial charge in [0.2, 0.25) is 0 Å². The number of aryl methyl sites for hydroxylation is 2. The molecule has 0 amide bonds. The highest BCUT2D eigenvalue weighted by Gasteiger charge is 2.31. The Balaban J connectivity index is 2.72. The van der Waals surface area contributed by atoms with Crippen LogP contribution >= 0.6 is 0 Å². The van der Waals surface area contributed by atoms with Gasteiger partial charge in [0.15, 0.2) is 5.60 Å². The van der Waals surface area contributed by atoms with E-state index in [1.54, 1.807) is 6.07 Å². The minimum Gasteiger partial charge on any atom is -0.490 e. The number of carboxylic acids is 1. The second-order valence-electron chi connectivity index (χ2n) is 4.14. The Hall–Kier alpha value is -1.55. The molecule has 1 unspecified atom stereocenters. The van der Waals surface area contributed by atoms with Crippen LogP contribution in [-0.4, -0.2) is 28.4 Å². The van der Waals surface area contributed by atoms with Gasteiger partial charge in [0.1, 0.15) is 12.4 Å². The number of aliphatic hydroxyl groups is 1. The molecule has 0 radical (unpaired) electrons. The molecule has 1 rings (SSSR count). The fourth-order valence-corrected chi connectivity index (χ4v) is 1.24. The van der Waals surface area contributed by atoms with Crippen molar-refractivity contribution in [3.63, 3.8) is 0 Å². The topological polar surface area (TPSA) is 66.8 Å². The van der Waals surface area contributed by atoms with E-state index in [1.165, 1.54) is 6.92 Å². The first kappa shape index (κ1) is 12.5. The summed E-state index contributed by atoms with van der Waals surface area (Å²) in [5.41, 5.74) is 0.160. The lowest BCUT2D eigenvalue weighted by Crippen LogP contribution is -2.41. The molecular weight excluding hydrogens is 208 g/mol. The average Bonchev–Trinajstić information content (AvgIpc) is 2.16. The van der Waals surface area contributed by atoms with Crippen LogP contribution in [0, 0.1) is 13.8 Å². The van der Waals surface area contributed by atoms with Crippen LogP contribution in [0.4, 0.5) is 0 Å². The van der Waals surface area contributed by atoms with Crippen molar-refractivity contribution < 1.29 is 19.7 Å². The lowest BCUT2D eigenvalue weighted by atomic mass is 10.1. The fourth-order valence-electron chi connectivity index (χ4n) is 1.24.